The van der Waals surface area contributed by atoms with Gasteiger partial charge in [0.15, 0.2) is 0 Å². The molecule has 0 rings (SSSR count). The molecule has 0 aromatic heterocycles. The minimum Gasteiger partial charge on any atom is -0.480 e. The van der Waals surface area contributed by atoms with E-state index < -0.39 is 16.8 Å². The molecule has 0 bridgehead atoms. The summed E-state index contributed by atoms with van der Waals surface area (Å²) in [6, 6.07) is -0.991. The second-order valence-electron chi connectivity index (χ2n) is 4.69. The molecule has 0 radical (unpaired) electrons. The van der Waals surface area contributed by atoms with E-state index in [9.17, 15) is 9.59 Å². The van der Waals surface area contributed by atoms with Crippen LogP contribution in [0.25, 0.3) is 0 Å². The number of carboxylic acid groups (broad SMARTS) is 1. The molecule has 0 aliphatic carbocycles. The number of carbonyl (C=O) groups excluding carboxylic acids is 1. The second-order valence-corrected chi connectivity index (χ2v) is 6.68. The summed E-state index contributed by atoms with van der Waals surface area (Å²) in [5, 5.41) is 8.64. The van der Waals surface area contributed by atoms with Crippen molar-refractivity contribution in [2.75, 3.05) is 13.1 Å². The third-order valence-electron chi connectivity index (χ3n) is 2.92. The maximum absolute atomic E-state index is 12.1. The predicted octanol–water partition coefficient (Wildman–Crippen LogP) is 1.17. The van der Waals surface area contributed by atoms with Crippen LogP contribution in [0, 0.1) is 0 Å². The molecule has 0 spiro atoms. The van der Waals surface area contributed by atoms with Crippen molar-refractivity contribution in [2.45, 2.75) is 50.7 Å². The molecular weight excluding hydrogens is 252 g/mol. The Labute approximate surface area is 113 Å². The summed E-state index contributed by atoms with van der Waals surface area (Å²) in [6.07, 6.45) is 0. The van der Waals surface area contributed by atoms with Gasteiger partial charge in [-0.1, -0.05) is 0 Å². The Kier molecular flexibility index (Phi) is 6.70. The third-order valence-corrected chi connectivity index (χ3v) is 4.34. The lowest BCUT2D eigenvalue weighted by atomic mass is 10.1. The van der Waals surface area contributed by atoms with Crippen molar-refractivity contribution in [2.24, 2.45) is 5.73 Å². The zero-order valence-corrected chi connectivity index (χ0v) is 12.6. The van der Waals surface area contributed by atoms with Crippen molar-refractivity contribution < 1.29 is 14.7 Å². The highest BCUT2D eigenvalue weighted by molar-refractivity contribution is 8.02. The molecule has 3 N–H and O–H groups in total. The monoisotopic (exact) mass is 276 g/mol. The number of nitrogens with zero attached hydrogens (tertiary/aromatic N) is 1. The topological polar surface area (TPSA) is 83.6 Å². The van der Waals surface area contributed by atoms with Crippen molar-refractivity contribution >= 4 is 23.6 Å². The first-order chi connectivity index (χ1) is 8.17. The van der Waals surface area contributed by atoms with Gasteiger partial charge in [0.1, 0.15) is 6.04 Å². The Balaban J connectivity index is 4.69. The van der Waals surface area contributed by atoms with Gasteiger partial charge in [0.05, 0.1) is 5.25 Å². The van der Waals surface area contributed by atoms with Gasteiger partial charge in [-0.15, -0.1) is 11.8 Å². The van der Waals surface area contributed by atoms with Gasteiger partial charge in [0.25, 0.3) is 0 Å². The van der Waals surface area contributed by atoms with Gasteiger partial charge < -0.3 is 15.7 Å². The lowest BCUT2D eigenvalue weighted by Crippen LogP contribution is -2.49. The van der Waals surface area contributed by atoms with Gasteiger partial charge in [-0.3, -0.25) is 9.59 Å². The van der Waals surface area contributed by atoms with E-state index in [1.54, 1.807) is 25.7 Å². The van der Waals surface area contributed by atoms with Crippen molar-refractivity contribution in [1.29, 1.82) is 0 Å². The highest BCUT2D eigenvalue weighted by atomic mass is 32.2. The van der Waals surface area contributed by atoms with Crippen molar-refractivity contribution in [1.82, 2.24) is 4.90 Å². The van der Waals surface area contributed by atoms with Gasteiger partial charge >= 0.3 is 5.97 Å². The summed E-state index contributed by atoms with van der Waals surface area (Å²) >= 11 is 1.31. The molecule has 0 aliphatic rings. The predicted molar refractivity (Wildman–Crippen MR) is 74.7 cm³/mol. The minimum atomic E-state index is -1.05. The number of carboxylic acids is 1. The minimum absolute atomic E-state index is 0.0238. The Hall–Kier alpha value is -0.750. The molecule has 106 valence electrons. The van der Waals surface area contributed by atoms with Crippen LogP contribution in [0.15, 0.2) is 0 Å². The molecule has 0 saturated heterocycles. The zero-order valence-electron chi connectivity index (χ0n) is 11.8. The molecule has 2 atom stereocenters. The van der Waals surface area contributed by atoms with E-state index in [0.29, 0.717) is 13.1 Å². The lowest BCUT2D eigenvalue weighted by Gasteiger charge is -2.32. The van der Waals surface area contributed by atoms with Crippen LogP contribution in [0.1, 0.15) is 34.6 Å². The van der Waals surface area contributed by atoms with Gasteiger partial charge in [-0.2, -0.15) is 0 Å². The molecule has 6 heteroatoms. The van der Waals surface area contributed by atoms with E-state index in [1.165, 1.54) is 11.8 Å². The summed E-state index contributed by atoms with van der Waals surface area (Å²) in [6.45, 7) is 10.5. The fraction of sp³-hybridized carbons (Fsp3) is 0.833. The number of hydrogen-bond donors (Lipinski definition) is 2. The molecular formula is C12H24N2O3S. The average molecular weight is 276 g/mol. The Morgan fingerprint density at radius 1 is 1.33 bits per heavy atom. The van der Waals surface area contributed by atoms with E-state index in [-0.39, 0.29) is 11.2 Å². The zero-order chi connectivity index (χ0) is 14.5. The van der Waals surface area contributed by atoms with Crippen LogP contribution in [0.5, 0.6) is 0 Å². The fourth-order valence-corrected chi connectivity index (χ4v) is 3.08. The number of thioether (sulfide) groups is 1. The quantitative estimate of drug-likeness (QED) is 0.729. The van der Waals surface area contributed by atoms with E-state index >= 15 is 0 Å². The molecule has 1 unspecified atom stereocenters. The highest BCUT2D eigenvalue weighted by Gasteiger charge is 2.36. The van der Waals surface area contributed by atoms with Crippen LogP contribution in [0.3, 0.4) is 0 Å². The number of nitrogens with two attached hydrogens (primary N) is 1. The smallest absolute Gasteiger partial charge is 0.321 e. The molecule has 18 heavy (non-hydrogen) atoms. The summed E-state index contributed by atoms with van der Waals surface area (Å²) in [7, 11) is 0. The van der Waals surface area contributed by atoms with E-state index in [4.69, 9.17) is 10.8 Å². The molecule has 0 aliphatic heterocycles. The highest BCUT2D eigenvalue weighted by Crippen LogP contribution is 2.32. The average Bonchev–Trinajstić information content (AvgIpc) is 2.28. The first kappa shape index (κ1) is 17.2. The maximum Gasteiger partial charge on any atom is 0.321 e. The van der Waals surface area contributed by atoms with E-state index in [0.717, 1.165) is 0 Å². The van der Waals surface area contributed by atoms with Gasteiger partial charge in [0.2, 0.25) is 5.91 Å². The number of carbonyl (C=O) groups is 2. The molecule has 0 aromatic rings. The summed E-state index contributed by atoms with van der Waals surface area (Å²) in [5.41, 5.74) is 5.64. The van der Waals surface area contributed by atoms with Crippen molar-refractivity contribution in [3.63, 3.8) is 0 Å². The number of rotatable bonds is 7. The summed E-state index contributed by atoms with van der Waals surface area (Å²) in [5.74, 6) is -1.02. The lowest BCUT2D eigenvalue weighted by molar-refractivity contribution is -0.139. The van der Waals surface area contributed by atoms with Crippen LogP contribution >= 0.6 is 11.8 Å². The Bertz CT molecular complexity index is 304. The van der Waals surface area contributed by atoms with Crippen LogP contribution < -0.4 is 5.73 Å². The molecule has 0 heterocycles. The van der Waals surface area contributed by atoms with Crippen LogP contribution in [0.2, 0.25) is 0 Å². The van der Waals surface area contributed by atoms with E-state index in [1.807, 2.05) is 13.8 Å². The van der Waals surface area contributed by atoms with Crippen LogP contribution in [-0.2, 0) is 9.59 Å². The maximum atomic E-state index is 12.1. The SMILES string of the molecule is CCN(CC)C(=O)C(C)SC(C)(C)[C@H](N)C(=O)O. The second kappa shape index (κ2) is 6.99. The first-order valence-electron chi connectivity index (χ1n) is 6.12. The summed E-state index contributed by atoms with van der Waals surface area (Å²) < 4.78 is -0.686. The molecule has 0 fully saturated rings. The van der Waals surface area contributed by atoms with Gasteiger partial charge in [-0.25, -0.2) is 0 Å². The summed E-state index contributed by atoms with van der Waals surface area (Å²) in [4.78, 5) is 24.7. The number of hydrogen-bond acceptors (Lipinski definition) is 4. The Morgan fingerprint density at radius 2 is 1.78 bits per heavy atom. The van der Waals surface area contributed by atoms with E-state index in [2.05, 4.69) is 0 Å². The van der Waals surface area contributed by atoms with Crippen molar-refractivity contribution in [3.05, 3.63) is 0 Å². The number of amides is 1. The van der Waals surface area contributed by atoms with Gasteiger partial charge in [0, 0.05) is 17.8 Å². The van der Waals surface area contributed by atoms with Crippen LogP contribution in [-0.4, -0.2) is 51.0 Å². The fourth-order valence-electron chi connectivity index (χ4n) is 1.67. The number of aliphatic carboxylic acids is 1. The molecule has 1 amide bonds. The largest absolute Gasteiger partial charge is 0.480 e. The third kappa shape index (κ3) is 4.49. The Morgan fingerprint density at radius 3 is 2.11 bits per heavy atom. The van der Waals surface area contributed by atoms with Gasteiger partial charge in [-0.05, 0) is 34.6 Å². The first-order valence-corrected chi connectivity index (χ1v) is 7.00. The standard InChI is InChI=1S/C12H24N2O3S/c1-6-14(7-2)10(15)8(3)18-12(4,5)9(13)11(16)17/h8-9H,6-7,13H2,1-5H3,(H,16,17)/t8?,9-/m1/s1. The molecule has 5 nitrogen and oxygen atoms in total. The van der Waals surface area contributed by atoms with Crippen LogP contribution in [0.4, 0.5) is 0 Å². The normalized spacial score (nSPS) is 15.0. The van der Waals surface area contributed by atoms with Crippen molar-refractivity contribution in [3.8, 4) is 0 Å². The molecule has 0 aromatic carbocycles. The molecule has 0 saturated carbocycles.